The zero-order valence-electron chi connectivity index (χ0n) is 10.6. The van der Waals surface area contributed by atoms with E-state index < -0.39 is 5.60 Å². The summed E-state index contributed by atoms with van der Waals surface area (Å²) in [5.41, 5.74) is -0.536. The highest BCUT2D eigenvalue weighted by Crippen LogP contribution is 2.49. The summed E-state index contributed by atoms with van der Waals surface area (Å²) in [6.07, 6.45) is 7.63. The Morgan fingerprint density at radius 1 is 1.25 bits per heavy atom. The van der Waals surface area contributed by atoms with E-state index in [-0.39, 0.29) is 11.3 Å². The molecular weight excluding hydrogens is 200 g/mol. The maximum atomic E-state index is 12.3. The molecule has 0 heterocycles. The van der Waals surface area contributed by atoms with Gasteiger partial charge in [0.1, 0.15) is 5.78 Å². The van der Waals surface area contributed by atoms with Crippen molar-refractivity contribution in [3.05, 3.63) is 0 Å². The maximum Gasteiger partial charge on any atom is 0.141 e. The first-order valence-corrected chi connectivity index (χ1v) is 6.78. The van der Waals surface area contributed by atoms with E-state index in [2.05, 4.69) is 6.92 Å². The second kappa shape index (κ2) is 4.14. The molecule has 2 saturated carbocycles. The highest BCUT2D eigenvalue weighted by atomic mass is 16.3. The summed E-state index contributed by atoms with van der Waals surface area (Å²) in [6.45, 7) is 4.12. The largest absolute Gasteiger partial charge is 0.390 e. The van der Waals surface area contributed by atoms with Gasteiger partial charge in [-0.25, -0.2) is 0 Å². The molecule has 0 aromatic heterocycles. The van der Waals surface area contributed by atoms with Crippen molar-refractivity contribution in [2.75, 3.05) is 0 Å². The molecule has 2 fully saturated rings. The average molecular weight is 224 g/mol. The second-order valence-corrected chi connectivity index (χ2v) is 6.02. The number of carbonyl (C=O) groups is 1. The third-order valence-corrected chi connectivity index (χ3v) is 5.06. The number of hydrogen-bond acceptors (Lipinski definition) is 2. The first kappa shape index (κ1) is 12.1. The Hall–Kier alpha value is -0.370. The lowest BCUT2D eigenvalue weighted by atomic mass is 9.59. The van der Waals surface area contributed by atoms with Gasteiger partial charge in [0.05, 0.1) is 5.60 Å². The Morgan fingerprint density at radius 2 is 1.88 bits per heavy atom. The van der Waals surface area contributed by atoms with Crippen LogP contribution in [-0.2, 0) is 4.79 Å². The van der Waals surface area contributed by atoms with Gasteiger partial charge >= 0.3 is 0 Å². The summed E-state index contributed by atoms with van der Waals surface area (Å²) in [6, 6.07) is 0. The molecule has 16 heavy (non-hydrogen) atoms. The van der Waals surface area contributed by atoms with Crippen LogP contribution in [0.2, 0.25) is 0 Å². The topological polar surface area (TPSA) is 37.3 Å². The number of hydrogen-bond donors (Lipinski definition) is 1. The number of rotatable bonds is 1. The van der Waals surface area contributed by atoms with Crippen LogP contribution >= 0.6 is 0 Å². The van der Waals surface area contributed by atoms with Gasteiger partial charge < -0.3 is 5.11 Å². The molecule has 1 spiro atoms. The van der Waals surface area contributed by atoms with Gasteiger partial charge in [0.2, 0.25) is 0 Å². The zero-order chi connectivity index (χ0) is 11.8. The third kappa shape index (κ3) is 1.92. The summed E-state index contributed by atoms with van der Waals surface area (Å²) in [7, 11) is 0. The van der Waals surface area contributed by atoms with Gasteiger partial charge in [-0.05, 0) is 44.9 Å². The zero-order valence-corrected chi connectivity index (χ0v) is 10.6. The lowest BCUT2D eigenvalue weighted by Gasteiger charge is -2.46. The molecule has 1 unspecified atom stereocenters. The summed E-state index contributed by atoms with van der Waals surface area (Å²) >= 11 is 0. The molecule has 2 heteroatoms. The fourth-order valence-electron chi connectivity index (χ4n) is 3.57. The molecule has 0 radical (unpaired) electrons. The van der Waals surface area contributed by atoms with E-state index >= 15 is 0 Å². The van der Waals surface area contributed by atoms with E-state index in [1.807, 2.05) is 6.92 Å². The fraction of sp³-hybridized carbons (Fsp3) is 0.929. The monoisotopic (exact) mass is 224 g/mol. The Kier molecular flexibility index (Phi) is 3.13. The molecule has 0 aromatic rings. The molecule has 0 saturated heterocycles. The van der Waals surface area contributed by atoms with Crippen molar-refractivity contribution in [3.63, 3.8) is 0 Å². The van der Waals surface area contributed by atoms with Gasteiger partial charge in [-0.1, -0.05) is 20.3 Å². The van der Waals surface area contributed by atoms with Gasteiger partial charge in [-0.2, -0.15) is 0 Å². The van der Waals surface area contributed by atoms with Crippen LogP contribution in [-0.4, -0.2) is 16.5 Å². The van der Waals surface area contributed by atoms with Crippen LogP contribution in [0.4, 0.5) is 0 Å². The van der Waals surface area contributed by atoms with Gasteiger partial charge in [0.15, 0.2) is 0 Å². The molecule has 92 valence electrons. The van der Waals surface area contributed by atoms with Crippen LogP contribution < -0.4 is 0 Å². The number of Topliss-reactive ketones (excluding diaryl/α,β-unsaturated/α-hetero) is 1. The predicted octanol–water partition coefficient (Wildman–Crippen LogP) is 3.08. The molecule has 2 rings (SSSR count). The Morgan fingerprint density at radius 3 is 2.44 bits per heavy atom. The van der Waals surface area contributed by atoms with Gasteiger partial charge in [0, 0.05) is 11.3 Å². The van der Waals surface area contributed by atoms with Gasteiger partial charge in [-0.3, -0.25) is 4.79 Å². The summed E-state index contributed by atoms with van der Waals surface area (Å²) in [4.78, 5) is 12.3. The molecule has 2 aliphatic rings. The van der Waals surface area contributed by atoms with E-state index in [0.29, 0.717) is 5.78 Å². The number of aliphatic hydroxyl groups is 1. The Bertz CT molecular complexity index is 274. The standard InChI is InChI=1S/C14H24O2/c1-3-14(16)9-7-13(8-10-14)6-4-5-11(2)12(13)15/h11,16H,3-10H2,1-2H3. The van der Waals surface area contributed by atoms with Crippen LogP contribution in [0.5, 0.6) is 0 Å². The van der Waals surface area contributed by atoms with Gasteiger partial charge in [-0.15, -0.1) is 0 Å². The van der Waals surface area contributed by atoms with Crippen molar-refractivity contribution < 1.29 is 9.90 Å². The second-order valence-electron chi connectivity index (χ2n) is 6.02. The predicted molar refractivity (Wildman–Crippen MR) is 64.2 cm³/mol. The molecule has 0 bridgehead atoms. The molecule has 2 aliphatic carbocycles. The summed E-state index contributed by atoms with van der Waals surface area (Å²) in [5.74, 6) is 0.735. The molecule has 0 aliphatic heterocycles. The Balaban J connectivity index is 2.08. The fourth-order valence-corrected chi connectivity index (χ4v) is 3.57. The van der Waals surface area contributed by atoms with Crippen molar-refractivity contribution in [3.8, 4) is 0 Å². The van der Waals surface area contributed by atoms with E-state index in [9.17, 15) is 9.90 Å². The molecule has 1 atom stereocenters. The highest BCUT2D eigenvalue weighted by molar-refractivity contribution is 5.87. The molecule has 0 aromatic carbocycles. The molecule has 1 N–H and O–H groups in total. The van der Waals surface area contributed by atoms with E-state index in [0.717, 1.165) is 44.9 Å². The molecule has 2 nitrogen and oxygen atoms in total. The van der Waals surface area contributed by atoms with E-state index in [1.165, 1.54) is 6.42 Å². The van der Waals surface area contributed by atoms with Crippen LogP contribution in [0, 0.1) is 11.3 Å². The maximum absolute atomic E-state index is 12.3. The SMILES string of the molecule is CCC1(O)CCC2(CCCC(C)C2=O)CC1. The summed E-state index contributed by atoms with van der Waals surface area (Å²) < 4.78 is 0. The minimum atomic E-state index is -0.480. The van der Waals surface area contributed by atoms with Crippen molar-refractivity contribution in [2.24, 2.45) is 11.3 Å². The van der Waals surface area contributed by atoms with Crippen molar-refractivity contribution >= 4 is 5.78 Å². The molecular formula is C14H24O2. The van der Waals surface area contributed by atoms with E-state index in [1.54, 1.807) is 0 Å². The first-order chi connectivity index (χ1) is 7.51. The highest BCUT2D eigenvalue weighted by Gasteiger charge is 2.47. The quantitative estimate of drug-likeness (QED) is 0.743. The normalized spacial score (nSPS) is 44.9. The van der Waals surface area contributed by atoms with Crippen LogP contribution in [0.1, 0.15) is 65.2 Å². The smallest absolute Gasteiger partial charge is 0.141 e. The van der Waals surface area contributed by atoms with Crippen molar-refractivity contribution in [1.82, 2.24) is 0 Å². The minimum absolute atomic E-state index is 0.0565. The number of ketones is 1. The average Bonchev–Trinajstić information content (AvgIpc) is 2.30. The first-order valence-electron chi connectivity index (χ1n) is 6.78. The van der Waals surface area contributed by atoms with Crippen LogP contribution in [0.25, 0.3) is 0 Å². The van der Waals surface area contributed by atoms with Gasteiger partial charge in [0.25, 0.3) is 0 Å². The number of carbonyl (C=O) groups excluding carboxylic acids is 1. The van der Waals surface area contributed by atoms with E-state index in [4.69, 9.17) is 0 Å². The lowest BCUT2D eigenvalue weighted by Crippen LogP contribution is -2.46. The van der Waals surface area contributed by atoms with Crippen molar-refractivity contribution in [2.45, 2.75) is 70.8 Å². The molecule has 0 amide bonds. The third-order valence-electron chi connectivity index (χ3n) is 5.06. The minimum Gasteiger partial charge on any atom is -0.390 e. The Labute approximate surface area is 98.4 Å². The van der Waals surface area contributed by atoms with Crippen molar-refractivity contribution in [1.29, 1.82) is 0 Å². The lowest BCUT2D eigenvalue weighted by molar-refractivity contribution is -0.142. The summed E-state index contributed by atoms with van der Waals surface area (Å²) in [5, 5.41) is 10.2. The van der Waals surface area contributed by atoms with Crippen LogP contribution in [0.15, 0.2) is 0 Å². The van der Waals surface area contributed by atoms with Crippen LogP contribution in [0.3, 0.4) is 0 Å².